The minimum atomic E-state index is -0.773. The average molecular weight is 396 g/mol. The number of pyridine rings is 1. The van der Waals surface area contributed by atoms with Crippen molar-refractivity contribution in [1.29, 1.82) is 0 Å². The van der Waals surface area contributed by atoms with Gasteiger partial charge in [-0.3, -0.25) is 9.59 Å². The molecule has 0 aliphatic carbocycles. The summed E-state index contributed by atoms with van der Waals surface area (Å²) in [5.74, 6) is -1.76. The maximum atomic E-state index is 12.0. The predicted octanol–water partition coefficient (Wildman–Crippen LogP) is 2.64. The minimum absolute atomic E-state index is 0.0163. The first kappa shape index (κ1) is 19.7. The van der Waals surface area contributed by atoms with E-state index in [0.29, 0.717) is 10.7 Å². The van der Waals surface area contributed by atoms with Crippen molar-refractivity contribution in [3.63, 3.8) is 0 Å². The van der Waals surface area contributed by atoms with E-state index in [1.54, 1.807) is 24.3 Å². The normalized spacial score (nSPS) is 10.1. The molecule has 1 aromatic carbocycles. The van der Waals surface area contributed by atoms with Crippen LogP contribution in [-0.2, 0) is 14.3 Å². The molecule has 0 aliphatic rings. The van der Waals surface area contributed by atoms with Gasteiger partial charge < -0.3 is 15.0 Å². The Balaban J connectivity index is 1.84. The van der Waals surface area contributed by atoms with Crippen LogP contribution in [0.3, 0.4) is 0 Å². The van der Waals surface area contributed by atoms with E-state index >= 15 is 0 Å². The second kappa shape index (κ2) is 9.17. The van der Waals surface area contributed by atoms with Gasteiger partial charge in [0.2, 0.25) is 5.91 Å². The molecule has 0 bridgehead atoms. The number of benzene rings is 1. The third-order valence-corrected chi connectivity index (χ3v) is 3.89. The number of hydrogen-bond donors (Lipinski definition) is 1. The summed E-state index contributed by atoms with van der Waals surface area (Å²) in [5.41, 5.74) is 0.499. The minimum Gasteiger partial charge on any atom is -0.452 e. The number of amides is 2. The summed E-state index contributed by atoms with van der Waals surface area (Å²) in [7, 11) is 1.42. The van der Waals surface area contributed by atoms with Crippen molar-refractivity contribution in [3.8, 4) is 0 Å². The quantitative estimate of drug-likeness (QED) is 0.599. The third kappa shape index (κ3) is 5.44. The van der Waals surface area contributed by atoms with Gasteiger partial charge in [0.15, 0.2) is 6.61 Å². The van der Waals surface area contributed by atoms with E-state index in [2.05, 4.69) is 10.3 Å². The van der Waals surface area contributed by atoms with Crippen LogP contribution in [0.1, 0.15) is 10.4 Å². The molecule has 2 rings (SSSR count). The van der Waals surface area contributed by atoms with Crippen LogP contribution in [-0.4, -0.2) is 47.9 Å². The number of hydrogen-bond acceptors (Lipinski definition) is 5. The molecule has 9 heteroatoms. The summed E-state index contributed by atoms with van der Waals surface area (Å²) >= 11 is 11.7. The van der Waals surface area contributed by atoms with Crippen LogP contribution in [0.25, 0.3) is 0 Å². The Morgan fingerprint density at radius 1 is 1.15 bits per heavy atom. The zero-order chi connectivity index (χ0) is 19.1. The highest BCUT2D eigenvalue weighted by Gasteiger charge is 2.18. The van der Waals surface area contributed by atoms with Gasteiger partial charge in [0.1, 0.15) is 5.15 Å². The van der Waals surface area contributed by atoms with E-state index in [-0.39, 0.29) is 17.3 Å². The molecule has 0 fully saturated rings. The molecule has 1 heterocycles. The standard InChI is InChI=1S/C17H15Cl2N3O4/c1-22(9-14(23)21-13-7-3-2-6-12(13)18)15(24)10-26-17(25)11-5-4-8-20-16(11)19/h2-8H,9-10H2,1H3,(H,21,23). The van der Waals surface area contributed by atoms with Crippen molar-refractivity contribution in [3.05, 3.63) is 58.3 Å². The summed E-state index contributed by atoms with van der Waals surface area (Å²) in [6, 6.07) is 9.69. The molecule has 1 N–H and O–H groups in total. The van der Waals surface area contributed by atoms with E-state index in [4.69, 9.17) is 27.9 Å². The molecule has 0 saturated heterocycles. The first-order valence-corrected chi connectivity index (χ1v) is 8.20. The van der Waals surface area contributed by atoms with Crippen LogP contribution >= 0.6 is 23.2 Å². The average Bonchev–Trinajstić information content (AvgIpc) is 2.61. The third-order valence-electron chi connectivity index (χ3n) is 3.26. The number of para-hydroxylation sites is 1. The highest BCUT2D eigenvalue weighted by atomic mass is 35.5. The summed E-state index contributed by atoms with van der Waals surface area (Å²) in [6.07, 6.45) is 1.43. The topological polar surface area (TPSA) is 88.6 Å². The van der Waals surface area contributed by atoms with Crippen LogP contribution in [0.2, 0.25) is 10.2 Å². The molecule has 26 heavy (non-hydrogen) atoms. The zero-order valence-electron chi connectivity index (χ0n) is 13.7. The fraction of sp³-hybridized carbons (Fsp3) is 0.176. The lowest BCUT2D eigenvalue weighted by molar-refractivity contribution is -0.136. The Morgan fingerprint density at radius 2 is 1.88 bits per heavy atom. The van der Waals surface area contributed by atoms with Crippen molar-refractivity contribution in [1.82, 2.24) is 9.88 Å². The van der Waals surface area contributed by atoms with Gasteiger partial charge in [-0.2, -0.15) is 0 Å². The Kier molecular flexibility index (Phi) is 6.94. The SMILES string of the molecule is CN(CC(=O)Nc1ccccc1Cl)C(=O)COC(=O)c1cccnc1Cl. The molecule has 0 saturated carbocycles. The highest BCUT2D eigenvalue weighted by molar-refractivity contribution is 6.33. The molecule has 2 aromatic rings. The number of halogens is 2. The maximum absolute atomic E-state index is 12.0. The summed E-state index contributed by atoms with van der Waals surface area (Å²) in [6.45, 7) is -0.755. The highest BCUT2D eigenvalue weighted by Crippen LogP contribution is 2.20. The Hall–Kier alpha value is -2.64. The fourth-order valence-corrected chi connectivity index (χ4v) is 2.29. The molecule has 2 amide bonds. The van der Waals surface area contributed by atoms with Crippen LogP contribution in [0.5, 0.6) is 0 Å². The summed E-state index contributed by atoms with van der Waals surface area (Å²) < 4.78 is 4.90. The zero-order valence-corrected chi connectivity index (χ0v) is 15.3. The molecule has 0 radical (unpaired) electrons. The fourth-order valence-electron chi connectivity index (χ4n) is 1.91. The molecule has 0 spiro atoms. The van der Waals surface area contributed by atoms with Crippen LogP contribution in [0.4, 0.5) is 5.69 Å². The van der Waals surface area contributed by atoms with Gasteiger partial charge in [0.05, 0.1) is 22.8 Å². The monoisotopic (exact) mass is 395 g/mol. The molecule has 0 unspecified atom stereocenters. The number of carbonyl (C=O) groups is 3. The molecule has 0 atom stereocenters. The second-order valence-electron chi connectivity index (χ2n) is 5.20. The lowest BCUT2D eigenvalue weighted by atomic mass is 10.3. The predicted molar refractivity (Wildman–Crippen MR) is 97.2 cm³/mol. The number of nitrogens with zero attached hydrogens (tertiary/aromatic N) is 2. The number of nitrogens with one attached hydrogen (secondary N) is 1. The number of anilines is 1. The van der Waals surface area contributed by atoms with Gasteiger partial charge in [-0.1, -0.05) is 35.3 Å². The smallest absolute Gasteiger partial charge is 0.341 e. The van der Waals surface area contributed by atoms with E-state index < -0.39 is 24.4 Å². The number of rotatable bonds is 6. The molecule has 7 nitrogen and oxygen atoms in total. The van der Waals surface area contributed by atoms with Crippen molar-refractivity contribution < 1.29 is 19.1 Å². The first-order valence-electron chi connectivity index (χ1n) is 7.44. The van der Waals surface area contributed by atoms with Gasteiger partial charge >= 0.3 is 5.97 Å². The largest absolute Gasteiger partial charge is 0.452 e. The summed E-state index contributed by atoms with van der Waals surface area (Å²) in [5, 5.41) is 2.97. The van der Waals surface area contributed by atoms with Crippen LogP contribution in [0, 0.1) is 0 Å². The van der Waals surface area contributed by atoms with Crippen molar-refractivity contribution in [2.45, 2.75) is 0 Å². The van der Waals surface area contributed by atoms with E-state index in [9.17, 15) is 14.4 Å². The lowest BCUT2D eigenvalue weighted by Gasteiger charge is -2.17. The number of likely N-dealkylation sites (N-methyl/N-ethyl adjacent to an activating group) is 1. The van der Waals surface area contributed by atoms with Crippen LogP contribution < -0.4 is 5.32 Å². The van der Waals surface area contributed by atoms with Gasteiger partial charge in [-0.05, 0) is 24.3 Å². The Morgan fingerprint density at radius 3 is 2.58 bits per heavy atom. The number of aromatic nitrogens is 1. The molecular formula is C17H15Cl2N3O4. The molecule has 1 aromatic heterocycles. The van der Waals surface area contributed by atoms with E-state index in [1.165, 1.54) is 25.4 Å². The van der Waals surface area contributed by atoms with Gasteiger partial charge in [0, 0.05) is 13.2 Å². The van der Waals surface area contributed by atoms with Crippen LogP contribution in [0.15, 0.2) is 42.6 Å². The van der Waals surface area contributed by atoms with Gasteiger partial charge in [-0.15, -0.1) is 0 Å². The van der Waals surface area contributed by atoms with Gasteiger partial charge in [0.25, 0.3) is 5.91 Å². The summed E-state index contributed by atoms with van der Waals surface area (Å²) in [4.78, 5) is 40.8. The number of carbonyl (C=O) groups excluding carboxylic acids is 3. The van der Waals surface area contributed by atoms with E-state index in [0.717, 1.165) is 4.90 Å². The van der Waals surface area contributed by atoms with Crippen molar-refractivity contribution in [2.75, 3.05) is 25.5 Å². The second-order valence-corrected chi connectivity index (χ2v) is 5.96. The van der Waals surface area contributed by atoms with Crippen molar-refractivity contribution >= 4 is 46.7 Å². The maximum Gasteiger partial charge on any atom is 0.341 e. The number of ether oxygens (including phenoxy) is 1. The Bertz CT molecular complexity index is 829. The van der Waals surface area contributed by atoms with E-state index in [1.807, 2.05) is 0 Å². The Labute approximate surface area is 159 Å². The van der Waals surface area contributed by atoms with Crippen molar-refractivity contribution in [2.24, 2.45) is 0 Å². The lowest BCUT2D eigenvalue weighted by Crippen LogP contribution is -2.37. The first-order chi connectivity index (χ1) is 12.4. The molecular weight excluding hydrogens is 381 g/mol. The molecule has 0 aliphatic heterocycles. The van der Waals surface area contributed by atoms with Gasteiger partial charge in [-0.25, -0.2) is 9.78 Å². The number of esters is 1. The molecule has 136 valence electrons.